The van der Waals surface area contributed by atoms with Crippen LogP contribution in [0.3, 0.4) is 0 Å². The van der Waals surface area contributed by atoms with Gasteiger partial charge in [-0.25, -0.2) is 9.98 Å². The third kappa shape index (κ3) is 7.00. The summed E-state index contributed by atoms with van der Waals surface area (Å²) in [4.78, 5) is 21.9. The van der Waals surface area contributed by atoms with Gasteiger partial charge in [-0.3, -0.25) is 4.79 Å². The van der Waals surface area contributed by atoms with Crippen LogP contribution >= 0.6 is 0 Å². The maximum Gasteiger partial charge on any atom is 0.309 e. The van der Waals surface area contributed by atoms with E-state index in [0.29, 0.717) is 23.0 Å². The Hall–Kier alpha value is -4.13. The van der Waals surface area contributed by atoms with Gasteiger partial charge in [0.1, 0.15) is 36.4 Å². The summed E-state index contributed by atoms with van der Waals surface area (Å²) in [7, 11) is 0. The van der Waals surface area contributed by atoms with Crippen molar-refractivity contribution < 1.29 is 19.4 Å². The summed E-state index contributed by atoms with van der Waals surface area (Å²) in [6, 6.07) is 24.7. The van der Waals surface area contributed by atoms with E-state index >= 15 is 0 Å². The summed E-state index contributed by atoms with van der Waals surface area (Å²) in [5.74, 6) is 1.63. The number of ether oxygens (including phenoxy) is 2. The van der Waals surface area contributed by atoms with Gasteiger partial charge in [0, 0.05) is 22.8 Å². The van der Waals surface area contributed by atoms with Crippen LogP contribution in [0.25, 0.3) is 0 Å². The Morgan fingerprint density at radius 3 is 2.11 bits per heavy atom. The van der Waals surface area contributed by atoms with Crippen LogP contribution < -0.4 is 10.1 Å². The third-order valence-electron chi connectivity index (χ3n) is 6.44. The molecule has 38 heavy (non-hydrogen) atoms. The van der Waals surface area contributed by atoms with Crippen molar-refractivity contribution in [2.75, 3.05) is 13.2 Å². The van der Waals surface area contributed by atoms with E-state index in [1.807, 2.05) is 67.6 Å². The number of nitrogens with one attached hydrogen (secondary N) is 1. The highest BCUT2D eigenvalue weighted by Gasteiger charge is 2.23. The van der Waals surface area contributed by atoms with Crippen molar-refractivity contribution in [1.82, 2.24) is 5.32 Å². The zero-order valence-corrected chi connectivity index (χ0v) is 22.0. The second-order valence-corrected chi connectivity index (χ2v) is 9.17. The van der Waals surface area contributed by atoms with Crippen LogP contribution in [-0.2, 0) is 9.53 Å². The first-order valence-electron chi connectivity index (χ1n) is 13.2. The van der Waals surface area contributed by atoms with Crippen LogP contribution in [0.15, 0.2) is 88.8 Å². The van der Waals surface area contributed by atoms with Crippen LogP contribution in [0.2, 0.25) is 0 Å². The lowest BCUT2D eigenvalue weighted by Crippen LogP contribution is -2.36. The molecule has 0 fully saturated rings. The number of nitrogens with zero attached hydrogens (tertiary/aromatic N) is 2. The van der Waals surface area contributed by atoms with Crippen LogP contribution in [0.5, 0.6) is 11.5 Å². The minimum absolute atomic E-state index is 0.0318. The number of rotatable bonds is 12. The van der Waals surface area contributed by atoms with Crippen LogP contribution in [0.1, 0.15) is 62.4 Å². The zero-order chi connectivity index (χ0) is 26.7. The third-order valence-corrected chi connectivity index (χ3v) is 6.44. The molecule has 1 aliphatic rings. The normalized spacial score (nSPS) is 14.2. The number of amidine groups is 2. The molecule has 198 valence electrons. The first-order chi connectivity index (χ1) is 18.6. The average Bonchev–Trinajstić information content (AvgIpc) is 2.96. The molecule has 1 atom stereocenters. The van der Waals surface area contributed by atoms with Crippen LogP contribution in [-0.4, -0.2) is 36.0 Å². The van der Waals surface area contributed by atoms with E-state index in [9.17, 15) is 9.90 Å². The molecule has 0 bridgehead atoms. The first-order valence-corrected chi connectivity index (χ1v) is 13.2. The maximum atomic E-state index is 12.3. The topological polar surface area (TPSA) is 92.5 Å². The van der Waals surface area contributed by atoms with E-state index in [4.69, 9.17) is 19.5 Å². The number of esters is 1. The maximum absolute atomic E-state index is 12.3. The largest absolute Gasteiger partial charge is 0.507 e. The second kappa shape index (κ2) is 13.4. The molecule has 0 saturated carbocycles. The summed E-state index contributed by atoms with van der Waals surface area (Å²) < 4.78 is 11.1. The molecule has 0 spiro atoms. The number of phenols is 1. The van der Waals surface area contributed by atoms with Crippen molar-refractivity contribution in [3.8, 4) is 11.5 Å². The van der Waals surface area contributed by atoms with Gasteiger partial charge in [0.2, 0.25) is 0 Å². The van der Waals surface area contributed by atoms with Crippen molar-refractivity contribution in [2.24, 2.45) is 15.9 Å². The lowest BCUT2D eigenvalue weighted by molar-refractivity contribution is -0.149. The summed E-state index contributed by atoms with van der Waals surface area (Å²) in [6.07, 6.45) is 3.06. The Morgan fingerprint density at radius 2 is 1.55 bits per heavy atom. The number of carbonyl (C=O) groups excluding carboxylic acids is 1. The van der Waals surface area contributed by atoms with E-state index in [1.54, 1.807) is 18.2 Å². The molecule has 7 heteroatoms. The van der Waals surface area contributed by atoms with E-state index < -0.39 is 6.17 Å². The van der Waals surface area contributed by atoms with Crippen molar-refractivity contribution in [3.05, 3.63) is 95.6 Å². The molecule has 3 aromatic rings. The molecule has 0 radical (unpaired) electrons. The molecular formula is C31H35N3O4. The van der Waals surface area contributed by atoms with E-state index in [-0.39, 0.29) is 30.9 Å². The number of hydrogen-bond acceptors (Lipinski definition) is 7. The molecule has 0 aromatic heterocycles. The smallest absolute Gasteiger partial charge is 0.309 e. The Bertz CT molecular complexity index is 1200. The quantitative estimate of drug-likeness (QED) is 0.228. The number of benzene rings is 3. The highest BCUT2D eigenvalue weighted by atomic mass is 16.6. The Balaban J connectivity index is 1.45. The van der Waals surface area contributed by atoms with Gasteiger partial charge >= 0.3 is 5.97 Å². The van der Waals surface area contributed by atoms with Crippen molar-refractivity contribution in [3.63, 3.8) is 0 Å². The van der Waals surface area contributed by atoms with Gasteiger partial charge in [-0.2, -0.15) is 0 Å². The minimum Gasteiger partial charge on any atom is -0.507 e. The van der Waals surface area contributed by atoms with Gasteiger partial charge in [0.05, 0.1) is 5.92 Å². The molecule has 1 aliphatic heterocycles. The second-order valence-electron chi connectivity index (χ2n) is 9.17. The standard InChI is InChI=1S/C31H35N3O4/c1-3-5-12-22(4-2)31(36)38-20-19-37-25-17-18-26(27(35)21-25)30-33-28(23-13-8-6-9-14-23)32-29(34-30)24-15-10-7-11-16-24/h6-11,13-18,21-22,30,35H,3-5,12,19-20H2,1-2H3,(H,32,33,34). The predicted octanol–water partition coefficient (Wildman–Crippen LogP) is 6.03. The number of carbonyl (C=O) groups is 1. The number of phenolic OH excluding ortho intramolecular Hbond substituents is 1. The summed E-state index contributed by atoms with van der Waals surface area (Å²) in [5, 5.41) is 14.2. The van der Waals surface area contributed by atoms with Gasteiger partial charge < -0.3 is 19.9 Å². The fraction of sp³-hybridized carbons (Fsp3) is 0.323. The molecule has 3 aromatic carbocycles. The summed E-state index contributed by atoms with van der Waals surface area (Å²) in [5.41, 5.74) is 2.42. The fourth-order valence-electron chi connectivity index (χ4n) is 4.27. The Labute approximate surface area is 224 Å². The van der Waals surface area contributed by atoms with Gasteiger partial charge in [-0.05, 0) is 25.0 Å². The molecule has 0 aliphatic carbocycles. The number of unbranched alkanes of at least 4 members (excludes halogenated alkanes) is 1. The highest BCUT2D eigenvalue weighted by molar-refractivity contribution is 6.15. The van der Waals surface area contributed by atoms with Crippen molar-refractivity contribution in [2.45, 2.75) is 45.7 Å². The molecule has 0 amide bonds. The molecule has 7 nitrogen and oxygen atoms in total. The Morgan fingerprint density at radius 1 is 0.921 bits per heavy atom. The monoisotopic (exact) mass is 513 g/mol. The summed E-state index contributed by atoms with van der Waals surface area (Å²) in [6.45, 7) is 4.48. The highest BCUT2D eigenvalue weighted by Crippen LogP contribution is 2.33. The van der Waals surface area contributed by atoms with Crippen LogP contribution in [0, 0.1) is 5.92 Å². The van der Waals surface area contributed by atoms with Crippen molar-refractivity contribution in [1.29, 1.82) is 0 Å². The van der Waals surface area contributed by atoms with E-state index in [1.165, 1.54) is 0 Å². The number of aliphatic imine (C=N–C) groups is 2. The number of aromatic hydroxyl groups is 1. The molecule has 4 rings (SSSR count). The van der Waals surface area contributed by atoms with Gasteiger partial charge in [0.15, 0.2) is 6.17 Å². The van der Waals surface area contributed by atoms with E-state index in [0.717, 1.165) is 36.8 Å². The lowest BCUT2D eigenvalue weighted by Gasteiger charge is -2.23. The Kier molecular flexibility index (Phi) is 9.51. The first kappa shape index (κ1) is 26.9. The lowest BCUT2D eigenvalue weighted by atomic mass is 10.00. The molecular weight excluding hydrogens is 478 g/mol. The van der Waals surface area contributed by atoms with E-state index in [2.05, 4.69) is 12.2 Å². The van der Waals surface area contributed by atoms with Crippen molar-refractivity contribution >= 4 is 17.6 Å². The SMILES string of the molecule is CCCCC(CC)C(=O)OCCOc1ccc(C2N=C(c3ccccc3)NC(c3ccccc3)=N2)c(O)c1. The van der Waals surface area contributed by atoms with Gasteiger partial charge in [0.25, 0.3) is 0 Å². The summed E-state index contributed by atoms with van der Waals surface area (Å²) >= 11 is 0. The fourth-order valence-corrected chi connectivity index (χ4v) is 4.27. The average molecular weight is 514 g/mol. The molecule has 2 N–H and O–H groups in total. The number of hydrogen-bond donors (Lipinski definition) is 2. The van der Waals surface area contributed by atoms with Crippen LogP contribution in [0.4, 0.5) is 0 Å². The predicted molar refractivity (Wildman–Crippen MR) is 150 cm³/mol. The molecule has 0 saturated heterocycles. The minimum atomic E-state index is -0.634. The molecule has 1 heterocycles. The zero-order valence-electron chi connectivity index (χ0n) is 22.0. The molecule has 1 unspecified atom stereocenters. The van der Waals surface area contributed by atoms with Gasteiger partial charge in [-0.15, -0.1) is 0 Å². The van der Waals surface area contributed by atoms with Gasteiger partial charge in [-0.1, -0.05) is 87.4 Å².